The topological polar surface area (TPSA) is 240 Å². The van der Waals surface area contributed by atoms with Crippen LogP contribution in [0, 0.1) is 10.1 Å². The first-order valence-corrected chi connectivity index (χ1v) is 12.3. The number of rotatable bonds is 10. The van der Waals surface area contributed by atoms with Crippen molar-refractivity contribution in [3.63, 3.8) is 0 Å². The van der Waals surface area contributed by atoms with Crippen LogP contribution in [-0.2, 0) is 42.8 Å². The number of esters is 3. The standard InChI is InChI=1S/C24H31NO16/c1-10(27)35-9-16-20(41-23-19(32)18(31)17(30)15(8-26)39-23)21(36-11(2)28)22(37-12(3)29)24(40-16)38-14-6-4-13(5-7-14)25(33)34/h4-7,15-24,26,30-32H,8-9H2,1-3H3/t15-,16-,17+,18+,19-,20-,21+,22-,23+,24-/m1/s1. The highest BCUT2D eigenvalue weighted by molar-refractivity contribution is 5.67. The van der Waals surface area contributed by atoms with Crippen LogP contribution in [0.4, 0.5) is 5.69 Å². The van der Waals surface area contributed by atoms with Crippen molar-refractivity contribution in [3.8, 4) is 5.75 Å². The predicted octanol–water partition coefficient (Wildman–Crippen LogP) is -1.69. The van der Waals surface area contributed by atoms with Crippen LogP contribution in [0.25, 0.3) is 0 Å². The van der Waals surface area contributed by atoms with Crippen molar-refractivity contribution >= 4 is 23.6 Å². The Morgan fingerprint density at radius 3 is 1.95 bits per heavy atom. The van der Waals surface area contributed by atoms with Gasteiger partial charge in [-0.1, -0.05) is 0 Å². The molecular weight excluding hydrogens is 558 g/mol. The fourth-order valence-corrected chi connectivity index (χ4v) is 4.23. The first-order chi connectivity index (χ1) is 19.3. The van der Waals surface area contributed by atoms with Crippen molar-refractivity contribution in [2.45, 2.75) is 82.2 Å². The van der Waals surface area contributed by atoms with Crippen molar-refractivity contribution in [2.24, 2.45) is 0 Å². The summed E-state index contributed by atoms with van der Waals surface area (Å²) in [6.45, 7) is 1.89. The molecular formula is C24H31NO16. The highest BCUT2D eigenvalue weighted by Crippen LogP contribution is 2.34. The van der Waals surface area contributed by atoms with Gasteiger partial charge in [0.1, 0.15) is 49.0 Å². The lowest BCUT2D eigenvalue weighted by Gasteiger charge is -2.47. The number of carbonyl (C=O) groups excluding carboxylic acids is 3. The third-order valence-corrected chi connectivity index (χ3v) is 6.09. The lowest BCUT2D eigenvalue weighted by Crippen LogP contribution is -2.66. The molecule has 0 amide bonds. The summed E-state index contributed by atoms with van der Waals surface area (Å²) in [7, 11) is 0. The number of nitrogens with zero attached hydrogens (tertiary/aromatic N) is 1. The van der Waals surface area contributed by atoms with E-state index in [2.05, 4.69) is 0 Å². The summed E-state index contributed by atoms with van der Waals surface area (Å²) in [5.41, 5.74) is -0.239. The lowest BCUT2D eigenvalue weighted by molar-refractivity contribution is -0.384. The number of aliphatic hydroxyl groups excluding tert-OH is 4. The Balaban J connectivity index is 2.00. The molecule has 2 fully saturated rings. The molecule has 2 aliphatic rings. The molecule has 228 valence electrons. The molecule has 0 saturated carbocycles. The average Bonchev–Trinajstić information content (AvgIpc) is 2.90. The van der Waals surface area contributed by atoms with E-state index in [1.54, 1.807) is 0 Å². The maximum atomic E-state index is 12.1. The number of ether oxygens (including phenoxy) is 7. The number of benzene rings is 1. The van der Waals surface area contributed by atoms with E-state index >= 15 is 0 Å². The molecule has 17 heteroatoms. The molecule has 2 aliphatic heterocycles. The zero-order chi connectivity index (χ0) is 30.4. The van der Waals surface area contributed by atoms with Crippen LogP contribution in [0.5, 0.6) is 5.75 Å². The van der Waals surface area contributed by atoms with E-state index in [1.165, 1.54) is 12.1 Å². The van der Waals surface area contributed by atoms with E-state index in [9.17, 15) is 44.9 Å². The number of hydrogen-bond acceptors (Lipinski definition) is 16. The van der Waals surface area contributed by atoms with Gasteiger partial charge in [0, 0.05) is 32.9 Å². The average molecular weight is 590 g/mol. The van der Waals surface area contributed by atoms with Gasteiger partial charge in [-0.15, -0.1) is 0 Å². The zero-order valence-electron chi connectivity index (χ0n) is 22.1. The smallest absolute Gasteiger partial charge is 0.303 e. The minimum Gasteiger partial charge on any atom is -0.463 e. The summed E-state index contributed by atoms with van der Waals surface area (Å²) in [6, 6.07) is 4.77. The molecule has 0 aliphatic carbocycles. The molecule has 0 aromatic heterocycles. The van der Waals surface area contributed by atoms with Gasteiger partial charge in [-0.25, -0.2) is 0 Å². The maximum absolute atomic E-state index is 12.1. The van der Waals surface area contributed by atoms with E-state index < -0.39 is 97.5 Å². The van der Waals surface area contributed by atoms with Crippen molar-refractivity contribution in [1.82, 2.24) is 0 Å². The summed E-state index contributed by atoms with van der Waals surface area (Å²) in [4.78, 5) is 46.2. The minimum absolute atomic E-state index is 0.0267. The number of non-ortho nitro benzene ring substituents is 1. The van der Waals surface area contributed by atoms with E-state index in [-0.39, 0.29) is 11.4 Å². The second kappa shape index (κ2) is 13.9. The number of nitro benzene ring substituents is 1. The van der Waals surface area contributed by atoms with E-state index in [0.717, 1.165) is 32.9 Å². The lowest BCUT2D eigenvalue weighted by atomic mass is 9.96. The van der Waals surface area contributed by atoms with Crippen LogP contribution in [0.2, 0.25) is 0 Å². The third-order valence-electron chi connectivity index (χ3n) is 6.09. The molecule has 0 radical (unpaired) electrons. The number of aliphatic hydroxyl groups is 4. The Bertz CT molecular complexity index is 1080. The minimum atomic E-state index is -1.87. The molecule has 3 rings (SSSR count). The molecule has 17 nitrogen and oxygen atoms in total. The van der Waals surface area contributed by atoms with E-state index in [0.29, 0.717) is 0 Å². The Hall–Kier alpha value is -3.45. The van der Waals surface area contributed by atoms with Gasteiger partial charge < -0.3 is 53.6 Å². The highest BCUT2D eigenvalue weighted by atomic mass is 16.8. The van der Waals surface area contributed by atoms with Crippen molar-refractivity contribution in [1.29, 1.82) is 0 Å². The molecule has 0 bridgehead atoms. The third kappa shape index (κ3) is 8.07. The van der Waals surface area contributed by atoms with Crippen LogP contribution in [0.3, 0.4) is 0 Å². The maximum Gasteiger partial charge on any atom is 0.303 e. The second-order valence-electron chi connectivity index (χ2n) is 9.16. The molecule has 2 saturated heterocycles. The van der Waals surface area contributed by atoms with Gasteiger partial charge in [-0.05, 0) is 12.1 Å². The van der Waals surface area contributed by atoms with Crippen LogP contribution in [0.1, 0.15) is 20.8 Å². The molecule has 1 aromatic carbocycles. The molecule has 2 heterocycles. The Morgan fingerprint density at radius 1 is 0.829 bits per heavy atom. The van der Waals surface area contributed by atoms with Crippen LogP contribution < -0.4 is 4.74 Å². The quantitative estimate of drug-likeness (QED) is 0.103. The molecule has 4 N–H and O–H groups in total. The van der Waals surface area contributed by atoms with Crippen LogP contribution in [-0.4, -0.2) is 118 Å². The molecule has 1 aromatic rings. The monoisotopic (exact) mass is 589 g/mol. The highest BCUT2D eigenvalue weighted by Gasteiger charge is 2.55. The second-order valence-corrected chi connectivity index (χ2v) is 9.16. The van der Waals surface area contributed by atoms with E-state index in [4.69, 9.17) is 33.2 Å². The van der Waals surface area contributed by atoms with Crippen LogP contribution in [0.15, 0.2) is 24.3 Å². The summed E-state index contributed by atoms with van der Waals surface area (Å²) >= 11 is 0. The fourth-order valence-electron chi connectivity index (χ4n) is 4.23. The Morgan fingerprint density at radius 2 is 1.41 bits per heavy atom. The predicted molar refractivity (Wildman–Crippen MR) is 129 cm³/mol. The van der Waals surface area contributed by atoms with Gasteiger partial charge in [-0.2, -0.15) is 0 Å². The first kappa shape index (κ1) is 32.1. The van der Waals surface area contributed by atoms with Crippen LogP contribution >= 0.6 is 0 Å². The summed E-state index contributed by atoms with van der Waals surface area (Å²) in [5, 5.41) is 51.3. The van der Waals surface area contributed by atoms with Gasteiger partial charge in [0.05, 0.1) is 11.5 Å². The van der Waals surface area contributed by atoms with E-state index in [1.807, 2.05) is 0 Å². The molecule has 10 atom stereocenters. The molecule has 0 spiro atoms. The Kier molecular flexibility index (Phi) is 10.9. The van der Waals surface area contributed by atoms with Gasteiger partial charge in [0.2, 0.25) is 12.4 Å². The fraction of sp³-hybridized carbons (Fsp3) is 0.625. The number of hydrogen-bond donors (Lipinski definition) is 4. The zero-order valence-corrected chi connectivity index (χ0v) is 22.1. The van der Waals surface area contributed by atoms with Crippen molar-refractivity contribution in [2.75, 3.05) is 13.2 Å². The Labute approximate surface area is 232 Å². The molecule has 41 heavy (non-hydrogen) atoms. The normalized spacial score (nSPS) is 33.3. The number of carbonyl (C=O) groups is 3. The van der Waals surface area contributed by atoms with Gasteiger partial charge >= 0.3 is 17.9 Å². The van der Waals surface area contributed by atoms with Gasteiger partial charge in [-0.3, -0.25) is 24.5 Å². The van der Waals surface area contributed by atoms with Gasteiger partial charge in [0.15, 0.2) is 12.4 Å². The first-order valence-electron chi connectivity index (χ1n) is 12.3. The summed E-state index contributed by atoms with van der Waals surface area (Å²) in [6.07, 6.45) is -16.1. The molecule has 0 unspecified atom stereocenters. The van der Waals surface area contributed by atoms with Crippen molar-refractivity contribution in [3.05, 3.63) is 34.4 Å². The summed E-state index contributed by atoms with van der Waals surface area (Å²) < 4.78 is 38.8. The van der Waals surface area contributed by atoms with Crippen molar-refractivity contribution < 1.29 is 72.9 Å². The SMILES string of the molecule is CC(=O)OC[C@H]1O[C@@H](Oc2ccc([N+](=O)[O-])cc2)[C@H](OC(C)=O)[C@@H](OC(C)=O)[C@@H]1O[C@@H]1O[C@H](CO)[C@H](O)[C@H](O)[C@H]1O. The number of nitro groups is 1. The summed E-state index contributed by atoms with van der Waals surface area (Å²) in [5.74, 6) is -2.45. The van der Waals surface area contributed by atoms with Gasteiger partial charge in [0.25, 0.3) is 5.69 Å². The largest absolute Gasteiger partial charge is 0.463 e.